The second-order valence-electron chi connectivity index (χ2n) is 11.2. The summed E-state index contributed by atoms with van der Waals surface area (Å²) in [5.41, 5.74) is 14.3. The van der Waals surface area contributed by atoms with Crippen molar-refractivity contribution in [2.45, 2.75) is 80.4 Å². The van der Waals surface area contributed by atoms with E-state index in [2.05, 4.69) is 31.1 Å². The van der Waals surface area contributed by atoms with E-state index < -0.39 is 9.85 Å². The quantitative estimate of drug-likeness (QED) is 0.0642. The number of rotatable bonds is 5. The zero-order chi connectivity index (χ0) is 38.6. The molecule has 0 radical (unpaired) electrons. The number of nitrogens with two attached hydrogens (primary N) is 2. The van der Waals surface area contributed by atoms with Crippen LogP contribution in [0.4, 0.5) is 22.7 Å². The fraction of sp³-hybridized carbons (Fsp3) is 0.387. The second-order valence-corrected chi connectivity index (χ2v) is 12.1. The molecule has 0 bridgehead atoms. The number of halogens is 1. The zero-order valence-corrected chi connectivity index (χ0v) is 45.6. The predicted octanol–water partition coefficient (Wildman–Crippen LogP) is -0.440. The molecule has 4 N–H and O–H groups in total. The third-order valence-corrected chi connectivity index (χ3v) is 7.85. The normalized spacial score (nSPS) is 13.0. The molecule has 0 unspecified atom stereocenters. The van der Waals surface area contributed by atoms with Crippen LogP contribution in [-0.4, -0.2) is 45.0 Å². The van der Waals surface area contributed by atoms with Crippen molar-refractivity contribution in [3.8, 4) is 11.1 Å². The number of hydrogen-bond acceptors (Lipinski definition) is 15. The van der Waals surface area contributed by atoms with Crippen LogP contribution in [0.2, 0.25) is 0 Å². The molecule has 17 nitrogen and oxygen atoms in total. The maximum atomic E-state index is 10.8. The van der Waals surface area contributed by atoms with Crippen molar-refractivity contribution in [3.05, 3.63) is 84.0 Å². The van der Waals surface area contributed by atoms with Crippen LogP contribution in [0, 0.1) is 47.9 Å². The molecular weight excluding hydrogens is 989 g/mol. The molecule has 0 amide bonds. The van der Waals surface area contributed by atoms with E-state index in [-0.39, 0.29) is 187 Å². The average molecular weight is 1030 g/mol. The van der Waals surface area contributed by atoms with Crippen molar-refractivity contribution in [2.75, 3.05) is 11.5 Å². The Morgan fingerprint density at radius 3 is 1.62 bits per heavy atom. The summed E-state index contributed by atoms with van der Waals surface area (Å²) in [7, 11) is -0.378. The Morgan fingerprint density at radius 1 is 0.827 bits per heavy atom. The molecule has 1 fully saturated rings. The largest absolute Gasteiger partial charge is 1.00 e. The van der Waals surface area contributed by atoms with E-state index in [0.29, 0.717) is 21.5 Å². The van der Waals surface area contributed by atoms with Crippen LogP contribution in [0.1, 0.15) is 65.9 Å². The van der Waals surface area contributed by atoms with Crippen molar-refractivity contribution in [1.29, 1.82) is 0 Å². The minimum Gasteiger partial charge on any atom is -1.00 e. The SMILES string of the molecule is CC.Cc1noc(C)c1-c1ccc(N)c([N+](=O)[O-])c1.Cc1noc(C)c1B1OC(C)(C)C(C)(C)O1.Nc1ccc(Br)cc1[N+](=O)[O-].O=CO[O-].[Cs+].[Cs+].[H-]. The van der Waals surface area contributed by atoms with Gasteiger partial charge in [0.25, 0.3) is 17.8 Å². The van der Waals surface area contributed by atoms with Crippen LogP contribution in [0.25, 0.3) is 11.1 Å². The molecule has 0 saturated carbocycles. The zero-order valence-electron chi connectivity index (χ0n) is 32.4. The van der Waals surface area contributed by atoms with E-state index in [1.807, 2.05) is 55.4 Å². The van der Waals surface area contributed by atoms with Gasteiger partial charge in [-0.05, 0) is 79.2 Å². The van der Waals surface area contributed by atoms with Gasteiger partial charge in [-0.1, -0.05) is 46.2 Å². The molecule has 5 rings (SSSR count). The summed E-state index contributed by atoms with van der Waals surface area (Å²) >= 11 is 3.10. The van der Waals surface area contributed by atoms with Gasteiger partial charge in [0, 0.05) is 27.6 Å². The van der Waals surface area contributed by atoms with Gasteiger partial charge in [-0.25, -0.2) is 0 Å². The van der Waals surface area contributed by atoms with E-state index in [4.69, 9.17) is 39.9 Å². The summed E-state index contributed by atoms with van der Waals surface area (Å²) in [5, 5.41) is 37.2. The van der Waals surface area contributed by atoms with Crippen molar-refractivity contribution >= 4 is 57.7 Å². The number of nitro groups is 2. The van der Waals surface area contributed by atoms with Crippen LogP contribution in [0.5, 0.6) is 0 Å². The average Bonchev–Trinajstić information content (AvgIpc) is 3.64. The summed E-state index contributed by atoms with van der Waals surface area (Å²) in [6, 6.07) is 9.18. The van der Waals surface area contributed by atoms with Gasteiger partial charge in [-0.3, -0.25) is 25.0 Å². The summed E-state index contributed by atoms with van der Waals surface area (Å²) in [6.45, 7) is 19.3. The number of aryl methyl sites for hydroxylation is 4. The third-order valence-electron chi connectivity index (χ3n) is 7.36. The van der Waals surface area contributed by atoms with Crippen molar-refractivity contribution in [3.63, 3.8) is 0 Å². The topological polar surface area (TPSA) is 258 Å². The molecule has 52 heavy (non-hydrogen) atoms. The van der Waals surface area contributed by atoms with Gasteiger partial charge in [0.2, 0.25) is 0 Å². The summed E-state index contributed by atoms with van der Waals surface area (Å²) < 4.78 is 22.7. The van der Waals surface area contributed by atoms with Crippen molar-refractivity contribution < 1.29 is 182 Å². The number of benzene rings is 2. The van der Waals surface area contributed by atoms with Crippen LogP contribution >= 0.6 is 15.9 Å². The summed E-state index contributed by atoms with van der Waals surface area (Å²) in [6.07, 6.45) is 0. The minimum absolute atomic E-state index is 0. The van der Waals surface area contributed by atoms with Gasteiger partial charge in [-0.2, -0.15) is 0 Å². The Bertz CT molecular complexity index is 1730. The Hall–Kier alpha value is -0.741. The van der Waals surface area contributed by atoms with Gasteiger partial charge in [0.15, 0.2) is 0 Å². The van der Waals surface area contributed by atoms with Crippen molar-refractivity contribution in [2.24, 2.45) is 0 Å². The summed E-state index contributed by atoms with van der Waals surface area (Å²) in [5.74, 6) is 1.39. The Kier molecular flexibility index (Phi) is 25.4. The maximum absolute atomic E-state index is 10.8. The van der Waals surface area contributed by atoms with E-state index >= 15 is 0 Å². The number of anilines is 2. The van der Waals surface area contributed by atoms with Gasteiger partial charge in [0.1, 0.15) is 22.9 Å². The number of hydrogen-bond donors (Lipinski definition) is 2. The molecule has 2 aromatic heterocycles. The first-order chi connectivity index (χ1) is 23.3. The molecule has 21 heteroatoms. The molecule has 0 spiro atoms. The molecular formula is C31H42BBrCs2N6O11. The third kappa shape index (κ3) is 15.1. The summed E-state index contributed by atoms with van der Waals surface area (Å²) in [4.78, 5) is 31.3. The Morgan fingerprint density at radius 2 is 1.25 bits per heavy atom. The molecule has 3 heterocycles. The molecule has 0 atom stereocenters. The smallest absolute Gasteiger partial charge is 1.00 e. The molecule has 274 valence electrons. The van der Waals surface area contributed by atoms with Crippen LogP contribution in [0.15, 0.2) is 49.9 Å². The fourth-order valence-corrected chi connectivity index (χ4v) is 4.56. The van der Waals surface area contributed by atoms with E-state index in [0.717, 1.165) is 22.5 Å². The number of carbonyl (C=O) groups excluding carboxylic acids is 1. The fourth-order valence-electron chi connectivity index (χ4n) is 4.21. The first-order valence-corrected chi connectivity index (χ1v) is 15.7. The Labute approximate surface area is 429 Å². The number of nitro benzene ring substituents is 2. The van der Waals surface area contributed by atoms with E-state index in [1.165, 1.54) is 24.3 Å². The molecule has 1 aliphatic rings. The molecule has 1 aliphatic heterocycles. The minimum atomic E-state index is -0.514. The number of nitrogens with zero attached hydrogens (tertiary/aromatic N) is 4. The van der Waals surface area contributed by atoms with Crippen LogP contribution < -0.4 is 160 Å². The Balaban J connectivity index is -0.000000651. The van der Waals surface area contributed by atoms with Crippen LogP contribution in [-0.2, 0) is 19.0 Å². The molecule has 0 aliphatic carbocycles. The number of nitrogen functional groups attached to an aromatic ring is 2. The van der Waals surface area contributed by atoms with E-state index in [1.54, 1.807) is 26.0 Å². The van der Waals surface area contributed by atoms with Gasteiger partial charge < -0.3 is 41.4 Å². The number of aromatic nitrogens is 2. The standard InChI is InChI=1S/C11H18BNO3.C11H11N3O3.C6H5BrN2O2.C2H6.CH2O3.2Cs.H/c1-7-9(8(2)14-13-7)12-15-10(3,4)11(5,6)16-12;1-6-11(7(2)17-13-6)8-3-4-9(12)10(5-8)14(15)16;7-4-1-2-5(8)6(3-4)9(10)11;1-2;2-1-4-3;;;/h1-6H3;3-5H,12H2,1-2H3;1-3H,8H2;1-2H3;1,3H;;;/q;;;;;2*+1;-1/p-1. The van der Waals surface area contributed by atoms with Crippen molar-refractivity contribution in [1.82, 2.24) is 10.3 Å². The monoisotopic (exact) mass is 1030 g/mol. The van der Waals surface area contributed by atoms with Gasteiger partial charge >= 0.3 is 145 Å². The molecule has 2 aromatic carbocycles. The van der Waals surface area contributed by atoms with E-state index in [9.17, 15) is 20.2 Å². The first kappa shape index (κ1) is 53.4. The molecule has 4 aromatic rings. The van der Waals surface area contributed by atoms with Gasteiger partial charge in [-0.15, -0.1) is 0 Å². The van der Waals surface area contributed by atoms with Gasteiger partial charge in [0.05, 0.1) is 32.4 Å². The molecule has 1 saturated heterocycles. The first-order valence-electron chi connectivity index (χ1n) is 14.9. The van der Waals surface area contributed by atoms with Crippen LogP contribution in [0.3, 0.4) is 0 Å². The number of carbonyl (C=O) groups is 1. The predicted molar refractivity (Wildman–Crippen MR) is 189 cm³/mol. The second kappa shape index (κ2) is 24.7. The maximum Gasteiger partial charge on any atom is 1.00 e.